The molecule has 1 aromatic carbocycles. The number of thiazole rings is 1. The molecule has 0 spiro atoms. The van der Waals surface area contributed by atoms with E-state index in [1.807, 2.05) is 11.3 Å². The lowest BCUT2D eigenvalue weighted by atomic mass is 9.90. The number of amides is 1. The molecule has 1 heterocycles. The monoisotopic (exact) mass is 513 g/mol. The van der Waals surface area contributed by atoms with E-state index in [4.69, 9.17) is 10.7 Å². The van der Waals surface area contributed by atoms with E-state index in [1.54, 1.807) is 32.7 Å². The van der Waals surface area contributed by atoms with Gasteiger partial charge in [0.15, 0.2) is 0 Å². The molecule has 3 N–H and O–H groups in total. The summed E-state index contributed by atoms with van der Waals surface area (Å²) in [5.74, 6) is 0.688. The molecule has 5 nitrogen and oxygen atoms in total. The number of nitrogens with two attached hydrogens (primary N) is 1. The fourth-order valence-corrected chi connectivity index (χ4v) is 5.66. The van der Waals surface area contributed by atoms with Crippen LogP contribution in [0.25, 0.3) is 10.4 Å². The standard InChI is InChI=1S/C17H21BrN2S2.C5H11NO2/c1-2-20-22-15-10-13(18)8-9-14(15)16-11-19-17(21-16)12-6-4-3-5-7-12;1-5(2,3)8-4(6)7/h8-12,20H,2-7H2,1H3;1-3H3,(H2,6,7). The van der Waals surface area contributed by atoms with Crippen molar-refractivity contribution in [3.63, 3.8) is 0 Å². The van der Waals surface area contributed by atoms with Crippen molar-refractivity contribution in [2.45, 2.75) is 76.2 Å². The third-order valence-corrected chi connectivity index (χ3v) is 7.10. The van der Waals surface area contributed by atoms with Gasteiger partial charge in [-0.15, -0.1) is 11.3 Å². The molecule has 166 valence electrons. The van der Waals surface area contributed by atoms with Crippen LogP contribution in [0.2, 0.25) is 0 Å². The molecular weight excluding hydrogens is 482 g/mol. The molecule has 0 aliphatic heterocycles. The smallest absolute Gasteiger partial charge is 0.405 e. The molecular formula is C22H32BrN3O2S2. The van der Waals surface area contributed by atoms with Gasteiger partial charge in [0, 0.05) is 33.6 Å². The lowest BCUT2D eigenvalue weighted by Crippen LogP contribution is -2.27. The summed E-state index contributed by atoms with van der Waals surface area (Å²) in [4.78, 5) is 17.3. The SMILES string of the molecule is CC(C)(C)OC(N)=O.CCNSc1cc(Br)ccc1-c1cnc(C2CCCCC2)s1. The van der Waals surface area contributed by atoms with E-state index in [2.05, 4.69) is 56.7 Å². The number of nitrogens with zero attached hydrogens (tertiary/aromatic N) is 1. The molecule has 0 unspecified atom stereocenters. The fraction of sp³-hybridized carbons (Fsp3) is 0.545. The van der Waals surface area contributed by atoms with Crippen molar-refractivity contribution in [3.8, 4) is 10.4 Å². The number of hydrogen-bond donors (Lipinski definition) is 2. The van der Waals surface area contributed by atoms with Crippen LogP contribution < -0.4 is 10.5 Å². The van der Waals surface area contributed by atoms with E-state index in [0.29, 0.717) is 5.92 Å². The number of ether oxygens (including phenoxy) is 1. The predicted molar refractivity (Wildman–Crippen MR) is 131 cm³/mol. The molecule has 8 heteroatoms. The van der Waals surface area contributed by atoms with Gasteiger partial charge < -0.3 is 10.5 Å². The zero-order valence-corrected chi connectivity index (χ0v) is 21.4. The molecule has 30 heavy (non-hydrogen) atoms. The minimum absolute atomic E-state index is 0.453. The Labute approximate surface area is 196 Å². The van der Waals surface area contributed by atoms with Crippen LogP contribution >= 0.6 is 39.2 Å². The minimum Gasteiger partial charge on any atom is -0.444 e. The topological polar surface area (TPSA) is 77.2 Å². The molecule has 3 rings (SSSR count). The Morgan fingerprint density at radius 3 is 2.60 bits per heavy atom. The Balaban J connectivity index is 0.000000343. The highest BCUT2D eigenvalue weighted by Crippen LogP contribution is 2.40. The van der Waals surface area contributed by atoms with Crippen LogP contribution in [-0.2, 0) is 4.74 Å². The average molecular weight is 515 g/mol. The van der Waals surface area contributed by atoms with Gasteiger partial charge in [-0.1, -0.05) is 48.2 Å². The molecule has 1 aromatic heterocycles. The van der Waals surface area contributed by atoms with Crippen molar-refractivity contribution >= 4 is 45.3 Å². The first-order valence-electron chi connectivity index (χ1n) is 10.3. The zero-order valence-electron chi connectivity index (χ0n) is 18.2. The number of carbonyl (C=O) groups excluding carboxylic acids is 1. The van der Waals surface area contributed by atoms with Crippen molar-refractivity contribution < 1.29 is 9.53 Å². The van der Waals surface area contributed by atoms with Crippen molar-refractivity contribution in [1.29, 1.82) is 0 Å². The largest absolute Gasteiger partial charge is 0.444 e. The van der Waals surface area contributed by atoms with Crippen molar-refractivity contribution in [2.75, 3.05) is 6.54 Å². The van der Waals surface area contributed by atoms with Gasteiger partial charge in [-0.25, -0.2) is 9.78 Å². The Morgan fingerprint density at radius 1 is 1.33 bits per heavy atom. The van der Waals surface area contributed by atoms with Crippen LogP contribution in [0.3, 0.4) is 0 Å². The summed E-state index contributed by atoms with van der Waals surface area (Å²) in [6.07, 6.45) is 8.08. The molecule has 1 saturated carbocycles. The summed E-state index contributed by atoms with van der Waals surface area (Å²) in [6, 6.07) is 6.50. The predicted octanol–water partition coefficient (Wildman–Crippen LogP) is 7.12. The Kier molecular flexibility index (Phi) is 10.1. The Morgan fingerprint density at radius 2 is 2.03 bits per heavy atom. The second-order valence-electron chi connectivity index (χ2n) is 8.17. The minimum atomic E-state index is -0.725. The summed E-state index contributed by atoms with van der Waals surface area (Å²) in [6.45, 7) is 8.36. The van der Waals surface area contributed by atoms with Gasteiger partial charge in [-0.2, -0.15) is 0 Å². The lowest BCUT2D eigenvalue weighted by Gasteiger charge is -2.18. The highest BCUT2D eigenvalue weighted by atomic mass is 79.9. The molecule has 1 amide bonds. The quantitative estimate of drug-likeness (QED) is 0.416. The van der Waals surface area contributed by atoms with Gasteiger partial charge in [0.05, 0.1) is 9.88 Å². The number of halogens is 1. The van der Waals surface area contributed by atoms with Crippen LogP contribution in [0.15, 0.2) is 33.8 Å². The summed E-state index contributed by atoms with van der Waals surface area (Å²) >= 11 is 7.15. The van der Waals surface area contributed by atoms with Crippen LogP contribution in [0, 0.1) is 0 Å². The van der Waals surface area contributed by atoms with Crippen LogP contribution in [0.4, 0.5) is 4.79 Å². The van der Waals surface area contributed by atoms with Crippen molar-refractivity contribution in [3.05, 3.63) is 33.9 Å². The van der Waals surface area contributed by atoms with E-state index >= 15 is 0 Å². The van der Waals surface area contributed by atoms with Gasteiger partial charge in [-0.3, -0.25) is 4.72 Å². The maximum atomic E-state index is 10.0. The molecule has 0 atom stereocenters. The summed E-state index contributed by atoms with van der Waals surface area (Å²) < 4.78 is 9.05. The van der Waals surface area contributed by atoms with E-state index in [9.17, 15) is 4.79 Å². The van der Waals surface area contributed by atoms with Gasteiger partial charge >= 0.3 is 6.09 Å². The Hall–Kier alpha value is -1.09. The number of hydrogen-bond acceptors (Lipinski definition) is 6. The van der Waals surface area contributed by atoms with Gasteiger partial charge in [0.25, 0.3) is 0 Å². The molecule has 0 saturated heterocycles. The fourth-order valence-electron chi connectivity index (χ4n) is 3.19. The van der Waals surface area contributed by atoms with E-state index < -0.39 is 11.7 Å². The number of aromatic nitrogens is 1. The lowest BCUT2D eigenvalue weighted by molar-refractivity contribution is 0.0600. The summed E-state index contributed by atoms with van der Waals surface area (Å²) in [5.41, 5.74) is 5.55. The normalized spacial score (nSPS) is 14.7. The Bertz CT molecular complexity index is 815. The molecule has 0 radical (unpaired) electrons. The first-order chi connectivity index (χ1) is 14.2. The number of rotatable bonds is 5. The second kappa shape index (κ2) is 12.1. The number of carbonyl (C=O) groups is 1. The summed E-state index contributed by atoms with van der Waals surface area (Å²) in [5, 5.41) is 1.33. The van der Waals surface area contributed by atoms with E-state index in [-0.39, 0.29) is 0 Å². The van der Waals surface area contributed by atoms with Gasteiger partial charge in [0.1, 0.15) is 5.60 Å². The molecule has 1 aliphatic rings. The molecule has 1 fully saturated rings. The van der Waals surface area contributed by atoms with E-state index in [0.717, 1.165) is 11.0 Å². The maximum Gasteiger partial charge on any atom is 0.405 e. The average Bonchev–Trinajstić information content (AvgIpc) is 3.15. The third-order valence-electron chi connectivity index (χ3n) is 4.42. The highest BCUT2D eigenvalue weighted by Gasteiger charge is 2.20. The first-order valence-corrected chi connectivity index (χ1v) is 12.8. The van der Waals surface area contributed by atoms with E-state index in [1.165, 1.54) is 52.4 Å². The second-order valence-corrected chi connectivity index (χ2v) is 11.1. The zero-order chi connectivity index (χ0) is 22.1. The molecule has 0 bridgehead atoms. The van der Waals surface area contributed by atoms with Gasteiger partial charge in [0.2, 0.25) is 0 Å². The number of nitrogens with one attached hydrogen (secondary N) is 1. The first kappa shape index (κ1) is 25.2. The van der Waals surface area contributed by atoms with Crippen LogP contribution in [0.1, 0.15) is 70.7 Å². The highest BCUT2D eigenvalue weighted by molar-refractivity contribution is 9.10. The maximum absolute atomic E-state index is 10.0. The molecule has 2 aromatic rings. The third kappa shape index (κ3) is 8.57. The summed E-state index contributed by atoms with van der Waals surface area (Å²) in [7, 11) is 0. The van der Waals surface area contributed by atoms with Crippen molar-refractivity contribution in [2.24, 2.45) is 5.73 Å². The molecule has 1 aliphatic carbocycles. The van der Waals surface area contributed by atoms with Crippen LogP contribution in [0.5, 0.6) is 0 Å². The number of primary amides is 1. The van der Waals surface area contributed by atoms with Gasteiger partial charge in [-0.05, 0) is 57.7 Å². The van der Waals surface area contributed by atoms with Crippen molar-refractivity contribution in [1.82, 2.24) is 9.71 Å². The van der Waals surface area contributed by atoms with Crippen LogP contribution in [-0.4, -0.2) is 23.2 Å². The number of benzene rings is 1.